The van der Waals surface area contributed by atoms with Gasteiger partial charge in [-0.25, -0.2) is 9.96 Å². The van der Waals surface area contributed by atoms with Gasteiger partial charge in [0.1, 0.15) is 11.7 Å². The van der Waals surface area contributed by atoms with E-state index in [0.29, 0.717) is 18.0 Å². The molecule has 0 spiro atoms. The fourth-order valence-corrected chi connectivity index (χ4v) is 4.36. The van der Waals surface area contributed by atoms with Gasteiger partial charge in [-0.05, 0) is 36.8 Å². The van der Waals surface area contributed by atoms with E-state index in [0.717, 1.165) is 11.3 Å². The number of anilines is 2. The third-order valence-electron chi connectivity index (χ3n) is 5.67. The number of benzene rings is 3. The van der Waals surface area contributed by atoms with E-state index in [1.54, 1.807) is 23.3 Å². The number of para-hydroxylation sites is 3. The van der Waals surface area contributed by atoms with E-state index in [4.69, 9.17) is 9.57 Å². The summed E-state index contributed by atoms with van der Waals surface area (Å²) in [4.78, 5) is 34.4. The van der Waals surface area contributed by atoms with Crippen LogP contribution >= 0.6 is 0 Å². The van der Waals surface area contributed by atoms with Crippen molar-refractivity contribution < 1.29 is 19.2 Å². The quantitative estimate of drug-likeness (QED) is 0.588. The maximum absolute atomic E-state index is 13.7. The summed E-state index contributed by atoms with van der Waals surface area (Å²) >= 11 is 0. The Morgan fingerprint density at radius 1 is 0.839 bits per heavy atom. The van der Waals surface area contributed by atoms with Crippen molar-refractivity contribution in [3.63, 3.8) is 0 Å². The molecule has 0 radical (unpaired) electrons. The molecular weight excluding hydrogens is 392 g/mol. The molecule has 0 N–H and O–H groups in total. The topological polar surface area (TPSA) is 59.1 Å². The van der Waals surface area contributed by atoms with Crippen LogP contribution in [0.5, 0.6) is 5.75 Å². The second kappa shape index (κ2) is 7.89. The van der Waals surface area contributed by atoms with Crippen molar-refractivity contribution in [1.82, 2.24) is 0 Å². The van der Waals surface area contributed by atoms with Gasteiger partial charge in [0.2, 0.25) is 5.91 Å². The SMILES string of the molecule is CCOc1ccccc1N1C(=O)C2ON(c3ccccc3)C(c3ccccc3)C2C1=O. The van der Waals surface area contributed by atoms with Gasteiger partial charge in [0.15, 0.2) is 6.10 Å². The molecule has 6 nitrogen and oxygen atoms in total. The lowest BCUT2D eigenvalue weighted by Gasteiger charge is -2.29. The predicted octanol–water partition coefficient (Wildman–Crippen LogP) is 4.14. The summed E-state index contributed by atoms with van der Waals surface area (Å²) in [6.07, 6.45) is -0.896. The maximum atomic E-state index is 13.7. The molecule has 2 aliphatic heterocycles. The summed E-state index contributed by atoms with van der Waals surface area (Å²) in [6, 6.07) is 25.9. The van der Waals surface area contributed by atoms with Crippen LogP contribution in [0.4, 0.5) is 11.4 Å². The van der Waals surface area contributed by atoms with Crippen LogP contribution in [0.1, 0.15) is 18.5 Å². The van der Waals surface area contributed by atoms with Crippen LogP contribution in [0.25, 0.3) is 0 Å². The zero-order valence-electron chi connectivity index (χ0n) is 17.0. The first-order valence-electron chi connectivity index (χ1n) is 10.4. The minimum atomic E-state index is -0.896. The molecule has 3 aromatic rings. The monoisotopic (exact) mass is 414 g/mol. The lowest BCUT2D eigenvalue weighted by molar-refractivity contribution is -0.126. The Bertz CT molecular complexity index is 1100. The Kier molecular flexibility index (Phi) is 4.92. The molecule has 2 saturated heterocycles. The van der Waals surface area contributed by atoms with Crippen LogP contribution in [0.3, 0.4) is 0 Å². The second-order valence-electron chi connectivity index (χ2n) is 7.48. The highest BCUT2D eigenvalue weighted by atomic mass is 16.7. The van der Waals surface area contributed by atoms with Crippen LogP contribution in [-0.4, -0.2) is 24.5 Å². The molecule has 0 aromatic heterocycles. The normalized spacial score (nSPS) is 22.7. The predicted molar refractivity (Wildman–Crippen MR) is 117 cm³/mol. The number of imide groups is 1. The van der Waals surface area contributed by atoms with E-state index >= 15 is 0 Å². The van der Waals surface area contributed by atoms with Crippen LogP contribution < -0.4 is 14.7 Å². The minimum Gasteiger partial charge on any atom is -0.492 e. The molecule has 6 heteroatoms. The van der Waals surface area contributed by atoms with Crippen LogP contribution in [0, 0.1) is 5.92 Å². The smallest absolute Gasteiger partial charge is 0.266 e. The largest absolute Gasteiger partial charge is 0.492 e. The van der Waals surface area contributed by atoms with Crippen molar-refractivity contribution in [3.05, 3.63) is 90.5 Å². The first kappa shape index (κ1) is 19.3. The number of fused-ring (bicyclic) bond motifs is 1. The molecule has 2 amide bonds. The van der Waals surface area contributed by atoms with E-state index in [2.05, 4.69) is 0 Å². The van der Waals surface area contributed by atoms with Crippen molar-refractivity contribution in [2.75, 3.05) is 16.6 Å². The summed E-state index contributed by atoms with van der Waals surface area (Å²) in [7, 11) is 0. The molecule has 0 bridgehead atoms. The molecule has 5 rings (SSSR count). The molecule has 2 aliphatic rings. The third-order valence-corrected chi connectivity index (χ3v) is 5.67. The Labute approximate surface area is 180 Å². The van der Waals surface area contributed by atoms with Gasteiger partial charge in [-0.2, -0.15) is 0 Å². The summed E-state index contributed by atoms with van der Waals surface area (Å²) in [5, 5.41) is 1.70. The Morgan fingerprint density at radius 2 is 1.48 bits per heavy atom. The summed E-state index contributed by atoms with van der Waals surface area (Å²) in [6.45, 7) is 2.30. The molecule has 0 aliphatic carbocycles. The zero-order chi connectivity index (χ0) is 21.4. The third kappa shape index (κ3) is 3.16. The van der Waals surface area contributed by atoms with E-state index < -0.39 is 18.1 Å². The number of rotatable bonds is 5. The van der Waals surface area contributed by atoms with Gasteiger partial charge in [-0.1, -0.05) is 60.7 Å². The van der Waals surface area contributed by atoms with E-state index in [-0.39, 0.29) is 11.8 Å². The number of amides is 2. The summed E-state index contributed by atoms with van der Waals surface area (Å²) < 4.78 is 5.67. The van der Waals surface area contributed by atoms with Gasteiger partial charge < -0.3 is 4.74 Å². The highest BCUT2D eigenvalue weighted by molar-refractivity contribution is 6.24. The van der Waals surface area contributed by atoms with Crippen molar-refractivity contribution in [1.29, 1.82) is 0 Å². The van der Waals surface area contributed by atoms with Crippen LogP contribution in [-0.2, 0) is 14.4 Å². The average molecular weight is 414 g/mol. The van der Waals surface area contributed by atoms with Gasteiger partial charge in [-0.15, -0.1) is 0 Å². The van der Waals surface area contributed by atoms with Gasteiger partial charge in [0.25, 0.3) is 5.91 Å². The maximum Gasteiger partial charge on any atom is 0.266 e. The van der Waals surface area contributed by atoms with Gasteiger partial charge in [0, 0.05) is 0 Å². The van der Waals surface area contributed by atoms with Crippen molar-refractivity contribution >= 4 is 23.2 Å². The van der Waals surface area contributed by atoms with E-state index in [1.165, 1.54) is 4.90 Å². The van der Waals surface area contributed by atoms with Crippen molar-refractivity contribution in [2.45, 2.75) is 19.1 Å². The number of hydrogen-bond donors (Lipinski definition) is 0. The molecule has 0 saturated carbocycles. The molecule has 31 heavy (non-hydrogen) atoms. The summed E-state index contributed by atoms with van der Waals surface area (Å²) in [5.74, 6) is -0.816. The first-order chi connectivity index (χ1) is 15.2. The molecule has 3 atom stereocenters. The fraction of sp³-hybridized carbons (Fsp3) is 0.200. The Balaban J connectivity index is 1.58. The number of carbonyl (C=O) groups excluding carboxylic acids is 2. The molecule has 3 unspecified atom stereocenters. The summed E-state index contributed by atoms with van der Waals surface area (Å²) in [5.41, 5.74) is 2.17. The molecule has 156 valence electrons. The lowest BCUT2D eigenvalue weighted by Crippen LogP contribution is -2.37. The number of hydrogen-bond acceptors (Lipinski definition) is 5. The minimum absolute atomic E-state index is 0.283. The van der Waals surface area contributed by atoms with E-state index in [1.807, 2.05) is 73.7 Å². The van der Waals surface area contributed by atoms with Crippen LogP contribution in [0.15, 0.2) is 84.9 Å². The van der Waals surface area contributed by atoms with Gasteiger partial charge in [-0.3, -0.25) is 14.4 Å². The molecule has 2 heterocycles. The molecule has 3 aromatic carbocycles. The average Bonchev–Trinajstić information content (AvgIpc) is 3.32. The van der Waals surface area contributed by atoms with Gasteiger partial charge >= 0.3 is 0 Å². The number of nitrogens with zero attached hydrogens (tertiary/aromatic N) is 2. The fourth-order valence-electron chi connectivity index (χ4n) is 4.36. The zero-order valence-corrected chi connectivity index (χ0v) is 17.0. The van der Waals surface area contributed by atoms with Crippen LogP contribution in [0.2, 0.25) is 0 Å². The standard InChI is InChI=1S/C25H22N2O4/c1-2-30-20-16-10-9-15-19(20)26-24(28)21-22(17-11-5-3-6-12-17)27(31-23(21)25(26)29)18-13-7-4-8-14-18/h3-16,21-23H,2H2,1H3. The number of hydroxylamine groups is 1. The van der Waals surface area contributed by atoms with Crippen molar-refractivity contribution in [3.8, 4) is 5.75 Å². The Hall–Kier alpha value is -3.64. The van der Waals surface area contributed by atoms with Gasteiger partial charge in [0.05, 0.1) is 24.0 Å². The molecule has 2 fully saturated rings. The highest BCUT2D eigenvalue weighted by Crippen LogP contribution is 2.48. The second-order valence-corrected chi connectivity index (χ2v) is 7.48. The molecular formula is C25H22N2O4. The number of carbonyl (C=O) groups is 2. The lowest BCUT2D eigenvalue weighted by atomic mass is 9.90. The number of ether oxygens (including phenoxy) is 1. The Morgan fingerprint density at radius 3 is 2.19 bits per heavy atom. The highest BCUT2D eigenvalue weighted by Gasteiger charge is 2.60. The first-order valence-corrected chi connectivity index (χ1v) is 10.4. The van der Waals surface area contributed by atoms with Crippen molar-refractivity contribution in [2.24, 2.45) is 5.92 Å². The van der Waals surface area contributed by atoms with E-state index in [9.17, 15) is 9.59 Å².